The summed E-state index contributed by atoms with van der Waals surface area (Å²) in [5, 5.41) is 7.21. The normalized spacial score (nSPS) is 18.6. The molecule has 0 atom stereocenters. The standard InChI is InChI=1S/C6H8N2/c1-5-2-3-8-4-6(5)7/h2-3,7H,4H2,1H3. The van der Waals surface area contributed by atoms with Gasteiger partial charge in [0.15, 0.2) is 0 Å². The lowest BCUT2D eigenvalue weighted by Crippen LogP contribution is -2.06. The molecule has 0 unspecified atom stereocenters. The van der Waals surface area contributed by atoms with Crippen LogP contribution in [0.15, 0.2) is 16.6 Å². The van der Waals surface area contributed by atoms with Gasteiger partial charge in [-0.05, 0) is 18.6 Å². The molecule has 1 N–H and O–H groups in total. The zero-order valence-electron chi connectivity index (χ0n) is 4.81. The molecule has 1 heterocycles. The molecule has 0 aliphatic carbocycles. The predicted octanol–water partition coefficient (Wildman–Crippen LogP) is 1.04. The molecule has 0 saturated heterocycles. The van der Waals surface area contributed by atoms with E-state index in [0.29, 0.717) is 12.3 Å². The molecule has 0 radical (unpaired) electrons. The molecule has 0 amide bonds. The largest absolute Gasteiger partial charge is 0.303 e. The lowest BCUT2D eigenvalue weighted by Gasteiger charge is -2.01. The number of hydrogen-bond donors (Lipinski definition) is 1. The van der Waals surface area contributed by atoms with Crippen molar-refractivity contribution in [2.75, 3.05) is 6.54 Å². The van der Waals surface area contributed by atoms with Crippen LogP contribution in [0.5, 0.6) is 0 Å². The van der Waals surface area contributed by atoms with E-state index in [4.69, 9.17) is 5.41 Å². The molecule has 1 aliphatic rings. The molecule has 0 fully saturated rings. The van der Waals surface area contributed by atoms with Crippen molar-refractivity contribution in [2.45, 2.75) is 6.92 Å². The third-order valence-electron chi connectivity index (χ3n) is 1.16. The van der Waals surface area contributed by atoms with Gasteiger partial charge in [-0.15, -0.1) is 0 Å². The molecule has 0 bridgehead atoms. The molecular weight excluding hydrogens is 100 g/mol. The summed E-state index contributed by atoms with van der Waals surface area (Å²) in [6, 6.07) is 0. The van der Waals surface area contributed by atoms with Gasteiger partial charge in [0, 0.05) is 6.21 Å². The first-order valence-corrected chi connectivity index (χ1v) is 2.55. The summed E-state index contributed by atoms with van der Waals surface area (Å²) in [4.78, 5) is 3.88. The van der Waals surface area contributed by atoms with Crippen molar-refractivity contribution in [1.82, 2.24) is 0 Å². The van der Waals surface area contributed by atoms with Crippen molar-refractivity contribution in [3.05, 3.63) is 11.6 Å². The Morgan fingerprint density at radius 1 is 1.75 bits per heavy atom. The number of aliphatic imine (C=N–C) groups is 1. The van der Waals surface area contributed by atoms with Crippen molar-refractivity contribution < 1.29 is 0 Å². The number of hydrogen-bond acceptors (Lipinski definition) is 2. The minimum absolute atomic E-state index is 0.558. The lowest BCUT2D eigenvalue weighted by molar-refractivity contribution is 1.24. The summed E-state index contributed by atoms with van der Waals surface area (Å²) in [5.74, 6) is 0. The summed E-state index contributed by atoms with van der Waals surface area (Å²) < 4.78 is 0. The Kier molecular flexibility index (Phi) is 1.24. The highest BCUT2D eigenvalue weighted by molar-refractivity contribution is 6.04. The fraction of sp³-hybridized carbons (Fsp3) is 0.333. The first kappa shape index (κ1) is 5.22. The highest BCUT2D eigenvalue weighted by Crippen LogP contribution is 1.97. The number of allylic oxidation sites excluding steroid dienone is 1. The van der Waals surface area contributed by atoms with E-state index in [1.165, 1.54) is 0 Å². The van der Waals surface area contributed by atoms with Gasteiger partial charge in [0.25, 0.3) is 0 Å². The second-order valence-corrected chi connectivity index (χ2v) is 1.82. The van der Waals surface area contributed by atoms with Crippen LogP contribution in [0.1, 0.15) is 6.92 Å². The van der Waals surface area contributed by atoms with Crippen LogP contribution in [-0.2, 0) is 0 Å². The molecule has 1 rings (SSSR count). The minimum Gasteiger partial charge on any atom is -0.303 e. The average molecular weight is 108 g/mol. The predicted molar refractivity (Wildman–Crippen MR) is 34.8 cm³/mol. The number of rotatable bonds is 0. The zero-order chi connectivity index (χ0) is 5.98. The lowest BCUT2D eigenvalue weighted by atomic mass is 10.1. The van der Waals surface area contributed by atoms with Crippen LogP contribution in [0.2, 0.25) is 0 Å². The molecule has 0 saturated carbocycles. The van der Waals surface area contributed by atoms with E-state index in [9.17, 15) is 0 Å². The Labute approximate surface area is 48.4 Å². The molecule has 0 aromatic rings. The zero-order valence-corrected chi connectivity index (χ0v) is 4.81. The molecular formula is C6H8N2. The third kappa shape index (κ3) is 0.832. The van der Waals surface area contributed by atoms with Gasteiger partial charge in [-0.3, -0.25) is 4.99 Å². The number of nitrogens with one attached hydrogen (secondary N) is 1. The van der Waals surface area contributed by atoms with Gasteiger partial charge < -0.3 is 5.41 Å². The first-order chi connectivity index (χ1) is 3.80. The van der Waals surface area contributed by atoms with E-state index >= 15 is 0 Å². The monoisotopic (exact) mass is 108 g/mol. The van der Waals surface area contributed by atoms with Crippen molar-refractivity contribution in [1.29, 1.82) is 5.41 Å². The highest BCUT2D eigenvalue weighted by atomic mass is 14.7. The number of dihydropyridines is 1. The van der Waals surface area contributed by atoms with Crippen molar-refractivity contribution in [3.63, 3.8) is 0 Å². The second-order valence-electron chi connectivity index (χ2n) is 1.82. The van der Waals surface area contributed by atoms with Crippen LogP contribution in [0, 0.1) is 5.41 Å². The van der Waals surface area contributed by atoms with Gasteiger partial charge in [0.05, 0.1) is 12.3 Å². The Morgan fingerprint density at radius 3 is 2.88 bits per heavy atom. The maximum absolute atomic E-state index is 7.21. The Balaban J connectivity index is 2.80. The van der Waals surface area contributed by atoms with Gasteiger partial charge in [-0.2, -0.15) is 0 Å². The Morgan fingerprint density at radius 2 is 2.50 bits per heavy atom. The van der Waals surface area contributed by atoms with Crippen LogP contribution in [-0.4, -0.2) is 18.5 Å². The quantitative estimate of drug-likeness (QED) is 0.481. The summed E-state index contributed by atoms with van der Waals surface area (Å²) >= 11 is 0. The third-order valence-corrected chi connectivity index (χ3v) is 1.16. The molecule has 2 heteroatoms. The van der Waals surface area contributed by atoms with E-state index in [1.54, 1.807) is 6.21 Å². The molecule has 1 aliphatic heterocycles. The molecule has 0 spiro atoms. The molecule has 0 aromatic heterocycles. The van der Waals surface area contributed by atoms with Crippen LogP contribution < -0.4 is 0 Å². The van der Waals surface area contributed by atoms with Crippen LogP contribution >= 0.6 is 0 Å². The van der Waals surface area contributed by atoms with Gasteiger partial charge >= 0.3 is 0 Å². The van der Waals surface area contributed by atoms with E-state index in [2.05, 4.69) is 4.99 Å². The van der Waals surface area contributed by atoms with Crippen LogP contribution in [0.3, 0.4) is 0 Å². The number of nitrogens with zero attached hydrogens (tertiary/aromatic N) is 1. The van der Waals surface area contributed by atoms with E-state index in [0.717, 1.165) is 5.57 Å². The first-order valence-electron chi connectivity index (χ1n) is 2.55. The molecule has 2 nitrogen and oxygen atoms in total. The molecule has 42 valence electrons. The topological polar surface area (TPSA) is 36.2 Å². The average Bonchev–Trinajstić information content (AvgIpc) is 1.77. The summed E-state index contributed by atoms with van der Waals surface area (Å²) in [6.45, 7) is 2.48. The van der Waals surface area contributed by atoms with Crippen molar-refractivity contribution in [2.24, 2.45) is 4.99 Å². The van der Waals surface area contributed by atoms with Gasteiger partial charge in [0.2, 0.25) is 0 Å². The Bertz CT molecular complexity index is 165. The maximum atomic E-state index is 7.21. The second kappa shape index (κ2) is 1.90. The van der Waals surface area contributed by atoms with Gasteiger partial charge in [0.1, 0.15) is 0 Å². The fourth-order valence-electron chi connectivity index (χ4n) is 0.534. The summed E-state index contributed by atoms with van der Waals surface area (Å²) in [6.07, 6.45) is 3.60. The van der Waals surface area contributed by atoms with E-state index in [1.807, 2.05) is 13.0 Å². The molecule has 8 heavy (non-hydrogen) atoms. The SMILES string of the molecule is CC1=CC=NCC1=N. The molecule has 0 aromatic carbocycles. The van der Waals surface area contributed by atoms with E-state index in [-0.39, 0.29) is 0 Å². The van der Waals surface area contributed by atoms with E-state index < -0.39 is 0 Å². The van der Waals surface area contributed by atoms with Gasteiger partial charge in [-0.1, -0.05) is 0 Å². The maximum Gasteiger partial charge on any atom is 0.0807 e. The van der Waals surface area contributed by atoms with Crippen molar-refractivity contribution in [3.8, 4) is 0 Å². The minimum atomic E-state index is 0.558. The highest BCUT2D eigenvalue weighted by Gasteiger charge is 1.98. The summed E-state index contributed by atoms with van der Waals surface area (Å²) in [5.41, 5.74) is 1.66. The summed E-state index contributed by atoms with van der Waals surface area (Å²) in [7, 11) is 0. The van der Waals surface area contributed by atoms with Crippen molar-refractivity contribution >= 4 is 11.9 Å². The van der Waals surface area contributed by atoms with Crippen LogP contribution in [0.25, 0.3) is 0 Å². The van der Waals surface area contributed by atoms with Gasteiger partial charge in [-0.25, -0.2) is 0 Å². The van der Waals surface area contributed by atoms with Crippen LogP contribution in [0.4, 0.5) is 0 Å². The Hall–Kier alpha value is -0.920. The fourth-order valence-corrected chi connectivity index (χ4v) is 0.534. The smallest absolute Gasteiger partial charge is 0.0807 e.